The second-order valence-electron chi connectivity index (χ2n) is 7.82. The van der Waals surface area contributed by atoms with E-state index in [9.17, 15) is 9.18 Å². The first-order chi connectivity index (χ1) is 15.8. The number of benzene rings is 1. The van der Waals surface area contributed by atoms with Gasteiger partial charge in [0.05, 0.1) is 25.1 Å². The number of hydrogen-bond acceptors (Lipinski definition) is 8. The minimum Gasteiger partial charge on any atom is -0.474 e. The highest BCUT2D eigenvalue weighted by molar-refractivity contribution is 8.15. The number of nitrogens with zero attached hydrogens (tertiary/aromatic N) is 3. The fourth-order valence-electron chi connectivity index (χ4n) is 3.21. The van der Waals surface area contributed by atoms with Crippen molar-refractivity contribution < 1.29 is 23.4 Å². The molecule has 2 atom stereocenters. The molecular weight excluding hydrogens is 449 g/mol. The average Bonchev–Trinajstić information content (AvgIpc) is 2.75. The van der Waals surface area contributed by atoms with Gasteiger partial charge in [0.25, 0.3) is 5.91 Å². The van der Waals surface area contributed by atoms with Crippen LogP contribution in [0.3, 0.4) is 0 Å². The molecule has 0 bridgehead atoms. The molecule has 1 saturated heterocycles. The quantitative estimate of drug-likeness (QED) is 0.396. The van der Waals surface area contributed by atoms with E-state index in [-0.39, 0.29) is 17.6 Å². The van der Waals surface area contributed by atoms with Gasteiger partial charge in [0, 0.05) is 37.6 Å². The molecule has 3 rings (SSSR count). The van der Waals surface area contributed by atoms with Crippen LogP contribution in [0.4, 0.5) is 10.1 Å². The summed E-state index contributed by atoms with van der Waals surface area (Å²) in [5, 5.41) is 3.11. The number of rotatable bonds is 10. The van der Waals surface area contributed by atoms with Crippen LogP contribution in [-0.4, -0.2) is 65.9 Å². The minimum absolute atomic E-state index is 0.0808. The smallest absolute Gasteiger partial charge is 0.275 e. The summed E-state index contributed by atoms with van der Waals surface area (Å²) in [4.78, 5) is 24.8. The van der Waals surface area contributed by atoms with Crippen LogP contribution in [0.2, 0.25) is 0 Å². The van der Waals surface area contributed by atoms with Crippen molar-refractivity contribution in [2.45, 2.75) is 30.6 Å². The molecule has 2 heterocycles. The molecule has 3 N–H and O–H groups in total. The van der Waals surface area contributed by atoms with Gasteiger partial charge < -0.3 is 25.3 Å². The van der Waals surface area contributed by atoms with Gasteiger partial charge in [0.2, 0.25) is 5.88 Å². The molecule has 1 aromatic heterocycles. The molecule has 0 saturated carbocycles. The molecule has 1 aliphatic rings. The second kappa shape index (κ2) is 11.4. The zero-order valence-electron chi connectivity index (χ0n) is 18.8. The van der Waals surface area contributed by atoms with Crippen molar-refractivity contribution in [3.8, 4) is 5.88 Å². The maximum Gasteiger partial charge on any atom is 0.275 e. The van der Waals surface area contributed by atoms with E-state index < -0.39 is 10.7 Å². The largest absolute Gasteiger partial charge is 0.474 e. The fourth-order valence-corrected chi connectivity index (χ4v) is 4.21. The molecule has 1 unspecified atom stereocenters. The monoisotopic (exact) mass is 477 g/mol. The highest BCUT2D eigenvalue weighted by Gasteiger charge is 2.29. The van der Waals surface area contributed by atoms with E-state index in [1.165, 1.54) is 36.3 Å². The SMILES string of the molecule is C/N=C(/N)S[C@@](C)(COC)Cc1cc(NC(=O)c2cnc(OCC3CCO3)cn2)ccc1F. The van der Waals surface area contributed by atoms with Crippen LogP contribution in [0.1, 0.15) is 29.4 Å². The van der Waals surface area contributed by atoms with Gasteiger partial charge in [-0.05, 0) is 37.1 Å². The fraction of sp³-hybridized carbons (Fsp3) is 0.455. The molecule has 1 aromatic carbocycles. The average molecular weight is 478 g/mol. The first-order valence-electron chi connectivity index (χ1n) is 10.4. The lowest BCUT2D eigenvalue weighted by Crippen LogP contribution is -2.33. The number of hydrogen-bond donors (Lipinski definition) is 2. The third-order valence-corrected chi connectivity index (χ3v) is 6.11. The number of nitrogens with two attached hydrogens (primary N) is 1. The summed E-state index contributed by atoms with van der Waals surface area (Å²) < 4.78 is 30.1. The minimum atomic E-state index is -0.548. The number of aliphatic imine (C=N–C) groups is 1. The molecular formula is C22H28FN5O4S. The lowest BCUT2D eigenvalue weighted by Gasteiger charge is -2.28. The summed E-state index contributed by atoms with van der Waals surface area (Å²) >= 11 is 1.31. The Morgan fingerprint density at radius 2 is 2.21 bits per heavy atom. The van der Waals surface area contributed by atoms with Crippen LogP contribution in [0.5, 0.6) is 5.88 Å². The van der Waals surface area contributed by atoms with Gasteiger partial charge >= 0.3 is 0 Å². The highest BCUT2D eigenvalue weighted by Crippen LogP contribution is 2.31. The van der Waals surface area contributed by atoms with Crippen LogP contribution >= 0.6 is 11.8 Å². The van der Waals surface area contributed by atoms with Crippen molar-refractivity contribution >= 4 is 28.5 Å². The van der Waals surface area contributed by atoms with Crippen molar-refractivity contribution in [1.82, 2.24) is 9.97 Å². The van der Waals surface area contributed by atoms with Crippen molar-refractivity contribution in [3.05, 3.63) is 47.7 Å². The Kier molecular flexibility index (Phi) is 8.59. The summed E-state index contributed by atoms with van der Waals surface area (Å²) in [6.45, 7) is 3.39. The van der Waals surface area contributed by atoms with E-state index in [0.717, 1.165) is 13.0 Å². The molecule has 1 aliphatic heterocycles. The standard InChI is InChI=1S/C22H28FN5O4S/c1-22(13-30-3,33-21(24)25-2)9-14-8-15(4-5-17(14)23)28-20(29)18-10-27-19(11-26-18)32-12-16-6-7-31-16/h4-5,8,10-11,16H,6-7,9,12-13H2,1-3H3,(H2,24,25)(H,28,29)/t16?,22-/m1/s1. The second-order valence-corrected chi connectivity index (χ2v) is 9.42. The van der Waals surface area contributed by atoms with Crippen LogP contribution in [0, 0.1) is 5.82 Å². The van der Waals surface area contributed by atoms with E-state index in [1.807, 2.05) is 6.92 Å². The normalized spacial score (nSPS) is 17.7. The van der Waals surface area contributed by atoms with Gasteiger partial charge in [-0.15, -0.1) is 0 Å². The number of carbonyl (C=O) groups is 1. The predicted octanol–water partition coefficient (Wildman–Crippen LogP) is 2.66. The van der Waals surface area contributed by atoms with Crippen LogP contribution < -0.4 is 15.8 Å². The molecule has 178 valence electrons. The van der Waals surface area contributed by atoms with Crippen molar-refractivity contribution in [2.24, 2.45) is 10.7 Å². The van der Waals surface area contributed by atoms with Crippen molar-refractivity contribution in [2.75, 3.05) is 39.3 Å². The summed E-state index contributed by atoms with van der Waals surface area (Å²) in [5.74, 6) is -0.541. The number of aromatic nitrogens is 2. The molecule has 1 amide bonds. The van der Waals surface area contributed by atoms with Gasteiger partial charge in [-0.1, -0.05) is 11.8 Å². The summed E-state index contributed by atoms with van der Waals surface area (Å²) in [6.07, 6.45) is 4.06. The van der Waals surface area contributed by atoms with Gasteiger partial charge in [0.15, 0.2) is 5.17 Å². The van der Waals surface area contributed by atoms with Crippen molar-refractivity contribution in [3.63, 3.8) is 0 Å². The number of halogens is 1. The zero-order chi connectivity index (χ0) is 23.8. The van der Waals surface area contributed by atoms with E-state index in [1.54, 1.807) is 20.2 Å². The zero-order valence-corrected chi connectivity index (χ0v) is 19.7. The lowest BCUT2D eigenvalue weighted by molar-refractivity contribution is -0.0727. The maximum absolute atomic E-state index is 14.6. The Bertz CT molecular complexity index is 987. The predicted molar refractivity (Wildman–Crippen MR) is 125 cm³/mol. The molecule has 9 nitrogen and oxygen atoms in total. The van der Waals surface area contributed by atoms with E-state index in [4.69, 9.17) is 19.9 Å². The lowest BCUT2D eigenvalue weighted by atomic mass is 10.00. The first-order valence-corrected chi connectivity index (χ1v) is 11.2. The molecule has 0 radical (unpaired) electrons. The topological polar surface area (TPSA) is 121 Å². The Balaban J connectivity index is 1.66. The Labute approximate surface area is 196 Å². The number of carbonyl (C=O) groups excluding carboxylic acids is 1. The summed E-state index contributed by atoms with van der Waals surface area (Å²) in [6, 6.07) is 4.39. The molecule has 0 spiro atoms. The first kappa shape index (κ1) is 24.9. The van der Waals surface area contributed by atoms with E-state index >= 15 is 0 Å². The van der Waals surface area contributed by atoms with Gasteiger partial charge in [0.1, 0.15) is 18.1 Å². The maximum atomic E-state index is 14.6. The molecule has 1 fully saturated rings. The number of methoxy groups -OCH3 is 1. The van der Waals surface area contributed by atoms with Gasteiger partial charge in [-0.25, -0.2) is 14.4 Å². The Morgan fingerprint density at radius 1 is 1.42 bits per heavy atom. The van der Waals surface area contributed by atoms with Crippen molar-refractivity contribution in [1.29, 1.82) is 0 Å². The van der Waals surface area contributed by atoms with Crippen LogP contribution in [0.25, 0.3) is 0 Å². The summed E-state index contributed by atoms with van der Waals surface area (Å²) in [5.41, 5.74) is 6.83. The Morgan fingerprint density at radius 3 is 2.82 bits per heavy atom. The van der Waals surface area contributed by atoms with Crippen LogP contribution in [0.15, 0.2) is 35.6 Å². The summed E-state index contributed by atoms with van der Waals surface area (Å²) in [7, 11) is 3.17. The molecule has 0 aliphatic carbocycles. The third-order valence-electron chi connectivity index (χ3n) is 4.96. The Hall–Kier alpha value is -2.76. The number of amides is 1. The van der Waals surface area contributed by atoms with E-state index in [0.29, 0.717) is 41.9 Å². The molecule has 33 heavy (non-hydrogen) atoms. The van der Waals surface area contributed by atoms with Gasteiger partial charge in [-0.3, -0.25) is 9.79 Å². The third kappa shape index (κ3) is 7.11. The number of nitrogens with one attached hydrogen (secondary N) is 1. The van der Waals surface area contributed by atoms with E-state index in [2.05, 4.69) is 20.3 Å². The van der Waals surface area contributed by atoms with Crippen LogP contribution in [-0.2, 0) is 15.9 Å². The number of ether oxygens (including phenoxy) is 3. The number of amidine groups is 1. The number of thioether (sulfide) groups is 1. The highest BCUT2D eigenvalue weighted by atomic mass is 32.2. The van der Waals surface area contributed by atoms with Gasteiger partial charge in [-0.2, -0.15) is 0 Å². The number of anilines is 1. The molecule has 11 heteroatoms. The molecule has 2 aromatic rings.